The molecule has 8 heteroatoms. The monoisotopic (exact) mass is 362 g/mol. The van der Waals surface area contributed by atoms with Gasteiger partial charge in [0.2, 0.25) is 11.9 Å². The van der Waals surface area contributed by atoms with Crippen molar-refractivity contribution in [1.82, 2.24) is 29.9 Å². The summed E-state index contributed by atoms with van der Waals surface area (Å²) in [5, 5.41) is 3.22. The zero-order chi connectivity index (χ0) is 18.8. The van der Waals surface area contributed by atoms with Crippen LogP contribution in [0.1, 0.15) is 35.2 Å². The maximum absolute atomic E-state index is 4.73. The van der Waals surface area contributed by atoms with Gasteiger partial charge in [-0.3, -0.25) is 0 Å². The number of anilines is 3. The summed E-state index contributed by atoms with van der Waals surface area (Å²) in [5.74, 6) is 3.11. The van der Waals surface area contributed by atoms with Crippen LogP contribution < -0.4 is 10.2 Å². The Bertz CT molecular complexity index is 923. The van der Waals surface area contributed by atoms with Crippen LogP contribution in [0.2, 0.25) is 0 Å². The minimum atomic E-state index is 0.245. The van der Waals surface area contributed by atoms with Gasteiger partial charge in [-0.25, -0.2) is 29.9 Å². The molecule has 0 amide bonds. The lowest BCUT2D eigenvalue weighted by Gasteiger charge is -2.16. The van der Waals surface area contributed by atoms with Crippen LogP contribution in [0, 0.1) is 20.8 Å². The van der Waals surface area contributed by atoms with Crippen molar-refractivity contribution in [2.24, 2.45) is 0 Å². The Morgan fingerprint density at radius 3 is 2.37 bits per heavy atom. The zero-order valence-corrected chi connectivity index (χ0v) is 15.7. The maximum Gasteiger partial charge on any atom is 0.228 e. The maximum atomic E-state index is 4.73. The number of rotatable bonds is 4. The lowest BCUT2D eigenvalue weighted by Crippen LogP contribution is -2.22. The lowest BCUT2D eigenvalue weighted by atomic mass is 10.1. The largest absolute Gasteiger partial charge is 0.340 e. The molecular weight excluding hydrogens is 340 g/mol. The highest BCUT2D eigenvalue weighted by Crippen LogP contribution is 2.28. The van der Waals surface area contributed by atoms with E-state index in [0.29, 0.717) is 5.95 Å². The van der Waals surface area contributed by atoms with Crippen molar-refractivity contribution in [1.29, 1.82) is 0 Å². The van der Waals surface area contributed by atoms with E-state index in [-0.39, 0.29) is 5.92 Å². The number of nitrogens with zero attached hydrogens (tertiary/aromatic N) is 7. The Morgan fingerprint density at radius 1 is 0.926 bits per heavy atom. The molecule has 27 heavy (non-hydrogen) atoms. The molecule has 3 aromatic heterocycles. The van der Waals surface area contributed by atoms with Gasteiger partial charge in [-0.1, -0.05) is 0 Å². The summed E-state index contributed by atoms with van der Waals surface area (Å²) >= 11 is 0. The normalized spacial score (nSPS) is 16.6. The molecule has 8 nitrogen and oxygen atoms in total. The first-order valence-electron chi connectivity index (χ1n) is 9.04. The standard InChI is InChI=1S/C19H22N8/c1-12-9-13(2)24-18(23-12)26-16-10-14(3)22-17(25-16)15-5-8-27(11-15)19-20-6-4-7-21-19/h4,6-7,9-10,15H,5,8,11H2,1-3H3,(H,22,23,24,25,26)/t15-/m0/s1. The summed E-state index contributed by atoms with van der Waals surface area (Å²) in [4.78, 5) is 29.1. The molecule has 0 radical (unpaired) electrons. The van der Waals surface area contributed by atoms with E-state index < -0.39 is 0 Å². The molecule has 138 valence electrons. The van der Waals surface area contributed by atoms with Gasteiger partial charge < -0.3 is 10.2 Å². The fourth-order valence-corrected chi connectivity index (χ4v) is 3.34. The van der Waals surface area contributed by atoms with Crippen LogP contribution in [0.25, 0.3) is 0 Å². The van der Waals surface area contributed by atoms with E-state index in [1.54, 1.807) is 12.4 Å². The van der Waals surface area contributed by atoms with Crippen LogP contribution >= 0.6 is 0 Å². The van der Waals surface area contributed by atoms with E-state index in [4.69, 9.17) is 4.98 Å². The van der Waals surface area contributed by atoms with E-state index in [1.165, 1.54) is 0 Å². The third-order valence-electron chi connectivity index (χ3n) is 4.48. The van der Waals surface area contributed by atoms with Crippen molar-refractivity contribution < 1.29 is 0 Å². The predicted molar refractivity (Wildman–Crippen MR) is 103 cm³/mol. The minimum Gasteiger partial charge on any atom is -0.340 e. The molecule has 0 aliphatic carbocycles. The summed E-state index contributed by atoms with van der Waals surface area (Å²) < 4.78 is 0. The molecule has 1 fully saturated rings. The summed E-state index contributed by atoms with van der Waals surface area (Å²) in [7, 11) is 0. The highest BCUT2D eigenvalue weighted by atomic mass is 15.3. The highest BCUT2D eigenvalue weighted by Gasteiger charge is 2.28. The van der Waals surface area contributed by atoms with Crippen molar-refractivity contribution >= 4 is 17.7 Å². The van der Waals surface area contributed by atoms with Crippen LogP contribution in [0.3, 0.4) is 0 Å². The quantitative estimate of drug-likeness (QED) is 0.757. The Hall–Kier alpha value is -3.16. The second-order valence-corrected chi connectivity index (χ2v) is 6.83. The van der Waals surface area contributed by atoms with Gasteiger partial charge in [-0.15, -0.1) is 0 Å². The Morgan fingerprint density at radius 2 is 1.63 bits per heavy atom. The SMILES string of the molecule is Cc1cc(C)nc(Nc2cc(C)nc([C@H]3CCN(c4ncccn4)C3)n2)n1. The van der Waals surface area contributed by atoms with Gasteiger partial charge in [-0.2, -0.15) is 0 Å². The van der Waals surface area contributed by atoms with Crippen molar-refractivity contribution in [3.05, 3.63) is 53.5 Å². The van der Waals surface area contributed by atoms with Crippen molar-refractivity contribution in [3.63, 3.8) is 0 Å². The van der Waals surface area contributed by atoms with E-state index in [0.717, 1.165) is 54.2 Å². The van der Waals surface area contributed by atoms with Crippen molar-refractivity contribution in [2.75, 3.05) is 23.3 Å². The Kier molecular flexibility index (Phi) is 4.62. The molecule has 1 aliphatic rings. The third-order valence-corrected chi connectivity index (χ3v) is 4.48. The average Bonchev–Trinajstić information content (AvgIpc) is 3.11. The van der Waals surface area contributed by atoms with Gasteiger partial charge in [-0.05, 0) is 39.3 Å². The molecule has 0 unspecified atom stereocenters. The first-order valence-corrected chi connectivity index (χ1v) is 9.04. The van der Waals surface area contributed by atoms with Gasteiger partial charge >= 0.3 is 0 Å². The minimum absolute atomic E-state index is 0.245. The van der Waals surface area contributed by atoms with E-state index in [2.05, 4.69) is 35.1 Å². The molecule has 0 aromatic carbocycles. The summed E-state index contributed by atoms with van der Waals surface area (Å²) in [6.07, 6.45) is 4.51. The van der Waals surface area contributed by atoms with Gasteiger partial charge in [0, 0.05) is 54.5 Å². The number of nitrogens with one attached hydrogen (secondary N) is 1. The van der Waals surface area contributed by atoms with Crippen LogP contribution in [0.5, 0.6) is 0 Å². The molecule has 4 rings (SSSR count). The molecule has 0 spiro atoms. The summed E-state index contributed by atoms with van der Waals surface area (Å²) in [6.45, 7) is 7.60. The van der Waals surface area contributed by atoms with Gasteiger partial charge in [0.05, 0.1) is 0 Å². The molecule has 3 aromatic rings. The van der Waals surface area contributed by atoms with Crippen LogP contribution in [-0.2, 0) is 0 Å². The number of aromatic nitrogens is 6. The third kappa shape index (κ3) is 3.99. The molecule has 0 bridgehead atoms. The molecule has 1 N–H and O–H groups in total. The smallest absolute Gasteiger partial charge is 0.228 e. The molecule has 4 heterocycles. The zero-order valence-electron chi connectivity index (χ0n) is 15.7. The molecular formula is C19H22N8. The summed E-state index contributed by atoms with van der Waals surface area (Å²) in [6, 6.07) is 5.69. The van der Waals surface area contributed by atoms with Crippen molar-refractivity contribution in [2.45, 2.75) is 33.1 Å². The van der Waals surface area contributed by atoms with Gasteiger partial charge in [0.15, 0.2) is 0 Å². The first-order chi connectivity index (χ1) is 13.1. The van der Waals surface area contributed by atoms with Crippen LogP contribution in [-0.4, -0.2) is 43.0 Å². The second-order valence-electron chi connectivity index (χ2n) is 6.83. The number of hydrogen-bond acceptors (Lipinski definition) is 8. The van der Waals surface area contributed by atoms with E-state index in [1.807, 2.05) is 39.0 Å². The van der Waals surface area contributed by atoms with Crippen molar-refractivity contribution in [3.8, 4) is 0 Å². The van der Waals surface area contributed by atoms with Crippen LogP contribution in [0.4, 0.5) is 17.7 Å². The number of aryl methyl sites for hydroxylation is 3. The number of hydrogen-bond donors (Lipinski definition) is 1. The predicted octanol–water partition coefficient (Wildman–Crippen LogP) is 2.72. The molecule has 1 saturated heterocycles. The topological polar surface area (TPSA) is 92.6 Å². The Labute approximate surface area is 158 Å². The fourth-order valence-electron chi connectivity index (χ4n) is 3.34. The fraction of sp³-hybridized carbons (Fsp3) is 0.368. The van der Waals surface area contributed by atoms with Gasteiger partial charge in [0.25, 0.3) is 0 Å². The lowest BCUT2D eigenvalue weighted by molar-refractivity contribution is 0.704. The molecule has 1 aliphatic heterocycles. The average molecular weight is 362 g/mol. The van der Waals surface area contributed by atoms with E-state index >= 15 is 0 Å². The molecule has 1 atom stereocenters. The Balaban J connectivity index is 1.54. The molecule has 0 saturated carbocycles. The second kappa shape index (κ2) is 7.22. The van der Waals surface area contributed by atoms with E-state index in [9.17, 15) is 0 Å². The van der Waals surface area contributed by atoms with Crippen LogP contribution in [0.15, 0.2) is 30.6 Å². The first kappa shape index (κ1) is 17.3. The van der Waals surface area contributed by atoms with Gasteiger partial charge in [0.1, 0.15) is 11.6 Å². The summed E-state index contributed by atoms with van der Waals surface area (Å²) in [5.41, 5.74) is 2.76. The highest BCUT2D eigenvalue weighted by molar-refractivity contribution is 5.49.